The maximum atomic E-state index is 16.7. The minimum absolute atomic E-state index is 0.0676. The number of allylic oxidation sites excluding steroid dienone is 3. The Labute approximate surface area is 239 Å². The Morgan fingerprint density at radius 3 is 2.62 bits per heavy atom. The zero-order chi connectivity index (χ0) is 27.2. The van der Waals surface area contributed by atoms with E-state index in [1.54, 1.807) is 12.1 Å². The highest BCUT2D eigenvalue weighted by atomic mass is 35.5. The van der Waals surface area contributed by atoms with Crippen LogP contribution in [-0.2, 0) is 4.74 Å². The van der Waals surface area contributed by atoms with E-state index in [1.807, 2.05) is 24.3 Å². The third-order valence-electron chi connectivity index (χ3n) is 8.91. The average molecular weight is 564 g/mol. The van der Waals surface area contributed by atoms with Gasteiger partial charge in [0.1, 0.15) is 18.2 Å². The molecule has 1 aliphatic carbocycles. The van der Waals surface area contributed by atoms with E-state index in [1.165, 1.54) is 19.3 Å². The number of rotatable bonds is 4. The van der Waals surface area contributed by atoms with Gasteiger partial charge in [0.2, 0.25) is 0 Å². The van der Waals surface area contributed by atoms with Crippen molar-refractivity contribution in [2.75, 3.05) is 39.3 Å². The molecule has 0 aromatic heterocycles. The molecule has 7 nitrogen and oxygen atoms in total. The first kappa shape index (κ1) is 26.0. The highest BCUT2D eigenvalue weighted by Gasteiger charge is 2.42. The van der Waals surface area contributed by atoms with Gasteiger partial charge in [-0.25, -0.2) is 4.39 Å². The summed E-state index contributed by atoms with van der Waals surface area (Å²) in [5.41, 5.74) is 1.17. The van der Waals surface area contributed by atoms with E-state index in [-0.39, 0.29) is 23.3 Å². The molecule has 210 valence electrons. The van der Waals surface area contributed by atoms with Crippen LogP contribution in [-0.4, -0.2) is 78.2 Å². The minimum atomic E-state index is -0.473. The lowest BCUT2D eigenvalue weighted by atomic mass is 9.85. The monoisotopic (exact) mass is 563 g/mol. The van der Waals surface area contributed by atoms with E-state index in [2.05, 4.69) is 20.1 Å². The molecule has 2 N–H and O–H groups in total. The Morgan fingerprint density at radius 1 is 1.05 bits per heavy atom. The fraction of sp³-hybridized carbons (Fsp3) is 0.484. The average Bonchev–Trinajstić information content (AvgIpc) is 3.30. The van der Waals surface area contributed by atoms with E-state index in [9.17, 15) is 5.11 Å². The molecule has 2 aromatic rings. The van der Waals surface area contributed by atoms with Crippen LogP contribution in [0.4, 0.5) is 4.39 Å². The van der Waals surface area contributed by atoms with Crippen LogP contribution in [0.5, 0.6) is 5.75 Å². The van der Waals surface area contributed by atoms with Gasteiger partial charge < -0.3 is 20.1 Å². The Kier molecular flexibility index (Phi) is 7.02. The Hall–Kier alpha value is -2.94. The molecule has 40 heavy (non-hydrogen) atoms. The minimum Gasteiger partial charge on any atom is -0.508 e. The van der Waals surface area contributed by atoms with E-state index in [0.717, 1.165) is 62.2 Å². The molecule has 4 aliphatic heterocycles. The van der Waals surface area contributed by atoms with Crippen LogP contribution in [0, 0.1) is 5.92 Å². The van der Waals surface area contributed by atoms with Crippen molar-refractivity contribution < 1.29 is 14.2 Å². The number of halogens is 2. The molecule has 4 heterocycles. The lowest BCUT2D eigenvalue weighted by Gasteiger charge is -2.40. The first-order valence-electron chi connectivity index (χ1n) is 14.6. The zero-order valence-electron chi connectivity index (χ0n) is 22.6. The van der Waals surface area contributed by atoms with Gasteiger partial charge in [-0.2, -0.15) is 9.98 Å². The number of phenols is 1. The molecule has 3 atom stereocenters. The highest BCUT2D eigenvalue weighted by Crippen LogP contribution is 2.47. The standard InChI is InChI=1S/C31H35ClFN5O2/c32-26-16-25-29(28(33)27(26)24-15-22(39)14-19-6-2-3-7-23(19)24)35-31(40-13-12-37-10-4-1-5-11-37)36-30(25)38-17-20-8-9-21(18-38)34-20/h2-3,6-7,14-15,20-21,25,34,39H,1,4-5,8-13,16-18H2. The number of nitrogens with one attached hydrogen (secondary N) is 1. The summed E-state index contributed by atoms with van der Waals surface area (Å²) in [7, 11) is 0. The normalized spacial score (nSPS) is 27.1. The smallest absolute Gasteiger partial charge is 0.318 e. The summed E-state index contributed by atoms with van der Waals surface area (Å²) in [6, 6.07) is 11.9. The zero-order valence-corrected chi connectivity index (χ0v) is 23.3. The van der Waals surface area contributed by atoms with Gasteiger partial charge in [-0.1, -0.05) is 42.3 Å². The maximum absolute atomic E-state index is 16.7. The second-order valence-corrected chi connectivity index (χ2v) is 12.1. The molecule has 7 rings (SSSR count). The molecule has 3 fully saturated rings. The van der Waals surface area contributed by atoms with Crippen molar-refractivity contribution in [2.45, 2.75) is 50.6 Å². The largest absolute Gasteiger partial charge is 0.508 e. The second-order valence-electron chi connectivity index (χ2n) is 11.6. The summed E-state index contributed by atoms with van der Waals surface area (Å²) in [6.07, 6.45) is 6.39. The SMILES string of the molecule is Oc1cc(C2=C(Cl)CC3C(N4CC5CCC(C4)N5)=NC(OCCN4CCCCC4)=NC3=C2F)c2ccccc2c1. The van der Waals surface area contributed by atoms with Crippen molar-refractivity contribution in [3.63, 3.8) is 0 Å². The molecule has 0 saturated carbocycles. The number of amidine groups is 2. The van der Waals surface area contributed by atoms with Gasteiger partial charge in [-0.05, 0) is 73.7 Å². The third kappa shape index (κ3) is 4.91. The van der Waals surface area contributed by atoms with Crippen LogP contribution in [0.25, 0.3) is 16.3 Å². The molecule has 0 amide bonds. The van der Waals surface area contributed by atoms with Crippen molar-refractivity contribution in [3.8, 4) is 5.75 Å². The molecule has 2 aromatic carbocycles. The van der Waals surface area contributed by atoms with Gasteiger partial charge in [-0.15, -0.1) is 0 Å². The lowest BCUT2D eigenvalue weighted by Crippen LogP contribution is -2.55. The summed E-state index contributed by atoms with van der Waals surface area (Å²) in [6.45, 7) is 5.09. The Morgan fingerprint density at radius 2 is 1.82 bits per heavy atom. The number of aromatic hydroxyl groups is 1. The van der Waals surface area contributed by atoms with E-state index >= 15 is 4.39 Å². The molecule has 0 radical (unpaired) electrons. The van der Waals surface area contributed by atoms with Crippen molar-refractivity contribution in [2.24, 2.45) is 15.9 Å². The predicted molar refractivity (Wildman–Crippen MR) is 157 cm³/mol. The van der Waals surface area contributed by atoms with E-state index in [0.29, 0.717) is 41.4 Å². The van der Waals surface area contributed by atoms with Gasteiger partial charge in [0.05, 0.1) is 11.6 Å². The van der Waals surface area contributed by atoms with Gasteiger partial charge in [0, 0.05) is 42.3 Å². The first-order chi connectivity index (χ1) is 19.5. The Balaban J connectivity index is 1.25. The van der Waals surface area contributed by atoms with Crippen molar-refractivity contribution >= 4 is 39.8 Å². The van der Waals surface area contributed by atoms with Gasteiger partial charge >= 0.3 is 6.02 Å². The maximum Gasteiger partial charge on any atom is 0.318 e. The topological polar surface area (TPSA) is 72.7 Å². The van der Waals surface area contributed by atoms with Crippen LogP contribution in [0.1, 0.15) is 44.1 Å². The number of benzene rings is 2. The number of piperazine rings is 1. The van der Waals surface area contributed by atoms with Crippen LogP contribution >= 0.6 is 11.6 Å². The Bertz CT molecular complexity index is 1430. The highest BCUT2D eigenvalue weighted by molar-refractivity contribution is 6.34. The number of phenolic OH excluding ortho intramolecular Hbond substituents is 1. The van der Waals surface area contributed by atoms with E-state index < -0.39 is 5.83 Å². The number of aliphatic imine (C=N–C) groups is 2. The number of likely N-dealkylation sites (tertiary alicyclic amines) is 2. The number of piperidine rings is 1. The number of hydrogen-bond donors (Lipinski definition) is 2. The number of nitrogens with zero attached hydrogens (tertiary/aromatic N) is 4. The molecule has 0 spiro atoms. The molecule has 9 heteroatoms. The predicted octanol–water partition coefficient (Wildman–Crippen LogP) is 5.40. The summed E-state index contributed by atoms with van der Waals surface area (Å²) in [5, 5.41) is 16.2. The molecule has 3 saturated heterocycles. The molecule has 5 aliphatic rings. The van der Waals surface area contributed by atoms with Crippen molar-refractivity contribution in [3.05, 3.63) is 58.5 Å². The molecular formula is C31H35ClFN5O2. The molecule has 2 bridgehead atoms. The van der Waals surface area contributed by atoms with Crippen LogP contribution < -0.4 is 5.32 Å². The fourth-order valence-electron chi connectivity index (χ4n) is 6.98. The quantitative estimate of drug-likeness (QED) is 0.521. The van der Waals surface area contributed by atoms with Gasteiger partial charge in [0.25, 0.3) is 0 Å². The lowest BCUT2D eigenvalue weighted by molar-refractivity contribution is 0.176. The van der Waals surface area contributed by atoms with E-state index in [4.69, 9.17) is 21.3 Å². The summed E-state index contributed by atoms with van der Waals surface area (Å²) in [5.74, 6) is 0.00825. The van der Waals surface area contributed by atoms with Crippen LogP contribution in [0.3, 0.4) is 0 Å². The van der Waals surface area contributed by atoms with Crippen molar-refractivity contribution in [1.82, 2.24) is 15.1 Å². The van der Waals surface area contributed by atoms with Crippen molar-refractivity contribution in [1.29, 1.82) is 0 Å². The third-order valence-corrected chi connectivity index (χ3v) is 9.25. The van der Waals surface area contributed by atoms with Gasteiger partial charge in [-0.3, -0.25) is 4.90 Å². The van der Waals surface area contributed by atoms with Crippen LogP contribution in [0.2, 0.25) is 0 Å². The number of hydrogen-bond acceptors (Lipinski definition) is 7. The first-order valence-corrected chi connectivity index (χ1v) is 15.0. The molecular weight excluding hydrogens is 529 g/mol. The molecule has 3 unspecified atom stereocenters. The summed E-state index contributed by atoms with van der Waals surface area (Å²) >= 11 is 6.92. The van der Waals surface area contributed by atoms with Gasteiger partial charge in [0.15, 0.2) is 5.83 Å². The fourth-order valence-corrected chi connectivity index (χ4v) is 7.32. The summed E-state index contributed by atoms with van der Waals surface area (Å²) in [4.78, 5) is 14.3. The second kappa shape index (κ2) is 10.8. The summed E-state index contributed by atoms with van der Waals surface area (Å²) < 4.78 is 22.8. The number of fused-ring (bicyclic) bond motifs is 4. The van der Waals surface area contributed by atoms with Crippen LogP contribution in [0.15, 0.2) is 62.9 Å². The number of ether oxygens (including phenoxy) is 1.